The Labute approximate surface area is 160 Å². The normalized spacial score (nSPS) is 13.4. The van der Waals surface area contributed by atoms with Gasteiger partial charge in [-0.2, -0.15) is 8.78 Å². The average Bonchev–Trinajstić information content (AvgIpc) is 3.46. The van der Waals surface area contributed by atoms with E-state index in [0.29, 0.717) is 17.9 Å². The minimum Gasteiger partial charge on any atom is -0.435 e. The van der Waals surface area contributed by atoms with E-state index in [9.17, 15) is 23.2 Å². The summed E-state index contributed by atoms with van der Waals surface area (Å²) in [6, 6.07) is 7.25. The summed E-state index contributed by atoms with van der Waals surface area (Å²) < 4.78 is 30.4. The molecule has 0 atom stereocenters. The molecule has 0 aliphatic heterocycles. The van der Waals surface area contributed by atoms with Gasteiger partial charge in [-0.1, -0.05) is 12.1 Å². The van der Waals surface area contributed by atoms with Crippen LogP contribution in [0.4, 0.5) is 8.78 Å². The molecule has 1 saturated carbocycles. The summed E-state index contributed by atoms with van der Waals surface area (Å²) in [6.45, 7) is -2.95. The number of pyridine rings is 1. The van der Waals surface area contributed by atoms with Gasteiger partial charge in [-0.25, -0.2) is 0 Å². The first-order valence-electron chi connectivity index (χ1n) is 8.91. The van der Waals surface area contributed by atoms with Crippen molar-refractivity contribution in [3.63, 3.8) is 0 Å². The fraction of sp³-hybridized carbons (Fsp3) is 0.350. The molecule has 1 heterocycles. The summed E-state index contributed by atoms with van der Waals surface area (Å²) >= 11 is 0. The van der Waals surface area contributed by atoms with Crippen molar-refractivity contribution in [2.24, 2.45) is 5.92 Å². The number of rotatable bonds is 8. The third-order valence-corrected chi connectivity index (χ3v) is 4.53. The SMILES string of the molecule is CNC(=O)c1cc(C(=O)CC2CC2)cn(Cc2cccc(OC(F)F)c2)c1=O. The van der Waals surface area contributed by atoms with E-state index in [1.54, 1.807) is 6.07 Å². The van der Waals surface area contributed by atoms with Crippen LogP contribution in [0.2, 0.25) is 0 Å². The van der Waals surface area contributed by atoms with E-state index in [1.807, 2.05) is 0 Å². The van der Waals surface area contributed by atoms with Crippen molar-refractivity contribution >= 4 is 11.7 Å². The highest BCUT2D eigenvalue weighted by Crippen LogP contribution is 2.33. The maximum absolute atomic E-state index is 12.7. The van der Waals surface area contributed by atoms with Crippen LogP contribution < -0.4 is 15.6 Å². The first-order valence-corrected chi connectivity index (χ1v) is 8.91. The maximum atomic E-state index is 12.7. The number of alkyl halides is 2. The molecule has 0 saturated heterocycles. The van der Waals surface area contributed by atoms with Crippen LogP contribution >= 0.6 is 0 Å². The zero-order chi connectivity index (χ0) is 20.3. The average molecular weight is 390 g/mol. The molecule has 3 rings (SSSR count). The standard InChI is InChI=1S/C20H20F2N2O4/c1-23-18(26)16-9-14(17(25)8-12-5-6-12)11-24(19(16)27)10-13-3-2-4-15(7-13)28-20(21)22/h2-4,7,9,11-12,20H,5-6,8,10H2,1H3,(H,23,26). The first-order chi connectivity index (χ1) is 13.4. The lowest BCUT2D eigenvalue weighted by molar-refractivity contribution is -0.0498. The van der Waals surface area contributed by atoms with Crippen LogP contribution in [0.15, 0.2) is 41.3 Å². The summed E-state index contributed by atoms with van der Waals surface area (Å²) in [5, 5.41) is 2.40. The fourth-order valence-corrected chi connectivity index (χ4v) is 2.92. The van der Waals surface area contributed by atoms with E-state index < -0.39 is 18.1 Å². The molecule has 6 nitrogen and oxygen atoms in total. The monoisotopic (exact) mass is 390 g/mol. The topological polar surface area (TPSA) is 77.4 Å². The van der Waals surface area contributed by atoms with Crippen molar-refractivity contribution in [3.05, 3.63) is 63.6 Å². The number of aromatic nitrogens is 1. The van der Waals surface area contributed by atoms with E-state index in [0.717, 1.165) is 12.8 Å². The number of carbonyl (C=O) groups excluding carboxylic acids is 2. The minimum absolute atomic E-state index is 0.00775. The van der Waals surface area contributed by atoms with Gasteiger partial charge in [-0.15, -0.1) is 0 Å². The molecule has 8 heteroatoms. The molecule has 1 aliphatic carbocycles. The second-order valence-electron chi connectivity index (χ2n) is 6.75. The number of Topliss-reactive ketones (excluding diaryl/α,β-unsaturated/α-hetero) is 1. The molecule has 2 aromatic rings. The number of benzene rings is 1. The van der Waals surface area contributed by atoms with Crippen molar-refractivity contribution in [3.8, 4) is 5.75 Å². The Balaban J connectivity index is 1.95. The van der Waals surface area contributed by atoms with Crippen molar-refractivity contribution in [1.29, 1.82) is 0 Å². The van der Waals surface area contributed by atoms with Gasteiger partial charge < -0.3 is 14.6 Å². The number of carbonyl (C=O) groups is 2. The highest BCUT2D eigenvalue weighted by atomic mass is 19.3. The van der Waals surface area contributed by atoms with Gasteiger partial charge in [-0.3, -0.25) is 14.4 Å². The summed E-state index contributed by atoms with van der Waals surface area (Å²) in [6.07, 6.45) is 3.80. The summed E-state index contributed by atoms with van der Waals surface area (Å²) in [5.74, 6) is -0.390. The predicted octanol–water partition coefficient (Wildman–Crippen LogP) is 2.84. The lowest BCUT2D eigenvalue weighted by Gasteiger charge is -2.12. The molecule has 0 radical (unpaired) electrons. The van der Waals surface area contributed by atoms with Gasteiger partial charge >= 0.3 is 6.61 Å². The number of amides is 1. The molecule has 1 N–H and O–H groups in total. The number of halogens is 2. The molecule has 1 aromatic carbocycles. The molecular formula is C20H20F2N2O4. The van der Waals surface area contributed by atoms with Gasteiger partial charge in [0.2, 0.25) is 0 Å². The van der Waals surface area contributed by atoms with E-state index in [4.69, 9.17) is 0 Å². The molecule has 148 valence electrons. The molecule has 1 amide bonds. The second kappa shape index (κ2) is 8.33. The summed E-state index contributed by atoms with van der Waals surface area (Å²) in [4.78, 5) is 37.3. The number of hydrogen-bond donors (Lipinski definition) is 1. The Morgan fingerprint density at radius 1 is 1.29 bits per heavy atom. The molecule has 28 heavy (non-hydrogen) atoms. The Bertz CT molecular complexity index is 951. The van der Waals surface area contributed by atoms with Gasteiger partial charge in [0.05, 0.1) is 6.54 Å². The Morgan fingerprint density at radius 2 is 2.04 bits per heavy atom. The van der Waals surface area contributed by atoms with Crippen molar-refractivity contribution in [1.82, 2.24) is 9.88 Å². The van der Waals surface area contributed by atoms with Crippen LogP contribution in [-0.4, -0.2) is 29.9 Å². The van der Waals surface area contributed by atoms with E-state index in [1.165, 1.54) is 42.1 Å². The summed E-state index contributed by atoms with van der Waals surface area (Å²) in [5.41, 5.74) is 0.103. The van der Waals surface area contributed by atoms with Gasteiger partial charge in [0.25, 0.3) is 11.5 Å². The Hall–Kier alpha value is -3.03. The van der Waals surface area contributed by atoms with E-state index in [2.05, 4.69) is 10.1 Å². The number of hydrogen-bond acceptors (Lipinski definition) is 4. The molecule has 1 aromatic heterocycles. The lowest BCUT2D eigenvalue weighted by atomic mass is 10.0. The predicted molar refractivity (Wildman–Crippen MR) is 97.9 cm³/mol. The van der Waals surface area contributed by atoms with Crippen molar-refractivity contribution in [2.45, 2.75) is 32.4 Å². The van der Waals surface area contributed by atoms with E-state index >= 15 is 0 Å². The third kappa shape index (κ3) is 4.82. The number of nitrogens with zero attached hydrogens (tertiary/aromatic N) is 1. The minimum atomic E-state index is -2.96. The quantitative estimate of drug-likeness (QED) is 0.703. The molecule has 0 unspecified atom stereocenters. The number of nitrogens with one attached hydrogen (secondary N) is 1. The largest absolute Gasteiger partial charge is 0.435 e. The van der Waals surface area contributed by atoms with Crippen LogP contribution in [0.5, 0.6) is 5.75 Å². The number of ether oxygens (including phenoxy) is 1. The van der Waals surface area contributed by atoms with Crippen LogP contribution in [-0.2, 0) is 6.54 Å². The van der Waals surface area contributed by atoms with Gasteiger partial charge in [-0.05, 0) is 42.5 Å². The second-order valence-corrected chi connectivity index (χ2v) is 6.75. The maximum Gasteiger partial charge on any atom is 0.387 e. The molecule has 1 fully saturated rings. The van der Waals surface area contributed by atoms with Crippen LogP contribution in [0.25, 0.3) is 0 Å². The van der Waals surface area contributed by atoms with Gasteiger partial charge in [0, 0.05) is 25.2 Å². The highest BCUT2D eigenvalue weighted by molar-refractivity contribution is 6.00. The molecule has 0 spiro atoms. The van der Waals surface area contributed by atoms with Crippen LogP contribution in [0, 0.1) is 5.92 Å². The zero-order valence-electron chi connectivity index (χ0n) is 15.3. The highest BCUT2D eigenvalue weighted by Gasteiger charge is 2.26. The molecule has 1 aliphatic rings. The van der Waals surface area contributed by atoms with Gasteiger partial charge in [0.1, 0.15) is 11.3 Å². The van der Waals surface area contributed by atoms with Gasteiger partial charge in [0.15, 0.2) is 5.78 Å². The third-order valence-electron chi connectivity index (χ3n) is 4.53. The first kappa shape index (κ1) is 19.7. The van der Waals surface area contributed by atoms with Crippen molar-refractivity contribution in [2.75, 3.05) is 7.05 Å². The smallest absolute Gasteiger partial charge is 0.387 e. The molecule has 0 bridgehead atoms. The lowest BCUT2D eigenvalue weighted by Crippen LogP contribution is -2.32. The van der Waals surface area contributed by atoms with Crippen LogP contribution in [0.3, 0.4) is 0 Å². The van der Waals surface area contributed by atoms with Crippen molar-refractivity contribution < 1.29 is 23.1 Å². The summed E-state index contributed by atoms with van der Waals surface area (Å²) in [7, 11) is 1.40. The molecular weight excluding hydrogens is 370 g/mol. The Kier molecular flexibility index (Phi) is 5.87. The van der Waals surface area contributed by atoms with Crippen LogP contribution in [0.1, 0.15) is 45.5 Å². The van der Waals surface area contributed by atoms with E-state index in [-0.39, 0.29) is 29.2 Å². The number of ketones is 1. The zero-order valence-corrected chi connectivity index (χ0v) is 15.3. The Morgan fingerprint density at radius 3 is 2.68 bits per heavy atom. The fourth-order valence-electron chi connectivity index (χ4n) is 2.92.